The Morgan fingerprint density at radius 1 is 0.794 bits per heavy atom. The highest BCUT2D eigenvalue weighted by Gasteiger charge is 2.43. The molecule has 0 aromatic heterocycles. The molecule has 4 N–H and O–H groups in total. The fraction of sp³-hybridized carbons (Fsp3) is 0.222. The molecule has 0 saturated heterocycles. The van der Waals surface area contributed by atoms with Crippen molar-refractivity contribution in [3.8, 4) is 11.1 Å². The molecule has 0 saturated carbocycles. The van der Waals surface area contributed by atoms with E-state index in [2.05, 4.69) is 10.6 Å². The van der Waals surface area contributed by atoms with Gasteiger partial charge in [0.25, 0.3) is 5.91 Å². The molecule has 0 heterocycles. The van der Waals surface area contributed by atoms with E-state index in [0.717, 1.165) is 5.56 Å². The van der Waals surface area contributed by atoms with E-state index in [1.165, 1.54) is 6.07 Å². The number of anilines is 2. The minimum Gasteiger partial charge on any atom is -0.325 e. The fourth-order valence-electron chi connectivity index (χ4n) is 4.01. The van der Waals surface area contributed by atoms with Crippen LogP contribution in [0.2, 0.25) is 0 Å². The first-order valence-corrected chi connectivity index (χ1v) is 11.3. The van der Waals surface area contributed by atoms with Gasteiger partial charge in [-0.3, -0.25) is 19.6 Å². The van der Waals surface area contributed by atoms with Crippen LogP contribution in [0.1, 0.15) is 43.5 Å². The zero-order valence-corrected chi connectivity index (χ0v) is 19.3. The number of carbonyl (C=O) groups is 3. The van der Waals surface area contributed by atoms with Crippen molar-refractivity contribution in [1.82, 2.24) is 5.48 Å². The Morgan fingerprint density at radius 2 is 1.38 bits per heavy atom. The third-order valence-electron chi connectivity index (χ3n) is 5.89. The highest BCUT2D eigenvalue weighted by atomic mass is 16.5. The maximum absolute atomic E-state index is 13.5. The lowest BCUT2D eigenvalue weighted by molar-refractivity contribution is -0.138. The Morgan fingerprint density at radius 3 is 1.94 bits per heavy atom. The first kappa shape index (κ1) is 24.7. The van der Waals surface area contributed by atoms with Crippen LogP contribution in [0.15, 0.2) is 78.9 Å². The van der Waals surface area contributed by atoms with Gasteiger partial charge in [-0.2, -0.15) is 0 Å². The SMILES string of the molecule is CCCC(CC)(C(=O)Nc1ccccc1)C(=O)Nc1ccc(C(=O)NO)c(-c2ccccc2)c1. The maximum Gasteiger partial charge on any atom is 0.275 e. The lowest BCUT2D eigenvalue weighted by Gasteiger charge is -2.30. The van der Waals surface area contributed by atoms with Crippen LogP contribution in [0, 0.1) is 5.41 Å². The molecule has 176 valence electrons. The van der Waals surface area contributed by atoms with Crippen molar-refractivity contribution in [2.45, 2.75) is 33.1 Å². The summed E-state index contributed by atoms with van der Waals surface area (Å²) in [5.74, 6) is -1.43. The van der Waals surface area contributed by atoms with Gasteiger partial charge in [0.15, 0.2) is 0 Å². The van der Waals surface area contributed by atoms with Crippen LogP contribution in [-0.4, -0.2) is 22.9 Å². The Kier molecular flexibility index (Phi) is 8.16. The van der Waals surface area contributed by atoms with Crippen LogP contribution in [0.4, 0.5) is 11.4 Å². The molecule has 7 nitrogen and oxygen atoms in total. The molecular formula is C27H29N3O4. The normalized spacial score (nSPS) is 12.3. The van der Waals surface area contributed by atoms with Gasteiger partial charge in [-0.15, -0.1) is 0 Å². The number of para-hydroxylation sites is 1. The van der Waals surface area contributed by atoms with Gasteiger partial charge in [0.05, 0.1) is 0 Å². The predicted octanol–water partition coefficient (Wildman–Crippen LogP) is 5.25. The smallest absolute Gasteiger partial charge is 0.275 e. The number of hydroxylamine groups is 1. The van der Waals surface area contributed by atoms with Gasteiger partial charge in [-0.25, -0.2) is 5.48 Å². The second kappa shape index (κ2) is 11.2. The van der Waals surface area contributed by atoms with E-state index in [1.807, 2.05) is 62.4 Å². The van der Waals surface area contributed by atoms with E-state index in [0.29, 0.717) is 36.2 Å². The lowest BCUT2D eigenvalue weighted by atomic mass is 9.78. The van der Waals surface area contributed by atoms with Gasteiger partial charge in [0.1, 0.15) is 5.41 Å². The molecule has 3 amide bonds. The molecule has 0 radical (unpaired) electrons. The molecule has 3 rings (SSSR count). The number of rotatable bonds is 9. The van der Waals surface area contributed by atoms with Gasteiger partial charge >= 0.3 is 0 Å². The quantitative estimate of drug-likeness (QED) is 0.199. The van der Waals surface area contributed by atoms with E-state index in [9.17, 15) is 14.4 Å². The van der Waals surface area contributed by atoms with E-state index < -0.39 is 17.2 Å². The van der Waals surface area contributed by atoms with Crippen LogP contribution in [0.5, 0.6) is 0 Å². The molecule has 0 bridgehead atoms. The zero-order valence-electron chi connectivity index (χ0n) is 19.3. The van der Waals surface area contributed by atoms with Gasteiger partial charge < -0.3 is 10.6 Å². The van der Waals surface area contributed by atoms with Crippen molar-refractivity contribution in [3.63, 3.8) is 0 Å². The molecule has 1 unspecified atom stereocenters. The summed E-state index contributed by atoms with van der Waals surface area (Å²) < 4.78 is 0. The molecule has 0 fully saturated rings. The van der Waals surface area contributed by atoms with Crippen LogP contribution in [-0.2, 0) is 9.59 Å². The van der Waals surface area contributed by atoms with Crippen molar-refractivity contribution in [1.29, 1.82) is 0 Å². The predicted molar refractivity (Wildman–Crippen MR) is 132 cm³/mol. The first-order valence-electron chi connectivity index (χ1n) is 11.3. The summed E-state index contributed by atoms with van der Waals surface area (Å²) in [4.78, 5) is 39.0. The molecular weight excluding hydrogens is 430 g/mol. The second-order valence-corrected chi connectivity index (χ2v) is 8.03. The molecule has 3 aromatic carbocycles. The Bertz CT molecular complexity index is 1150. The standard InChI is InChI=1S/C27H29N3O4/c1-3-17-27(4-2,25(32)28-20-13-9-6-10-14-20)26(33)29-21-15-16-22(24(31)30-34)23(18-21)19-11-7-5-8-12-19/h5-16,18,34H,3-4,17H2,1-2H3,(H,28,32)(H,29,33)(H,30,31). The molecule has 0 aliphatic carbocycles. The average molecular weight is 460 g/mol. The zero-order chi connectivity index (χ0) is 24.6. The highest BCUT2D eigenvalue weighted by Crippen LogP contribution is 2.33. The Balaban J connectivity index is 1.94. The van der Waals surface area contributed by atoms with Gasteiger partial charge in [0, 0.05) is 16.9 Å². The first-order chi connectivity index (χ1) is 16.4. The van der Waals surface area contributed by atoms with Crippen LogP contribution >= 0.6 is 0 Å². The van der Waals surface area contributed by atoms with E-state index in [4.69, 9.17) is 5.21 Å². The second-order valence-electron chi connectivity index (χ2n) is 8.03. The number of hydrogen-bond acceptors (Lipinski definition) is 4. The molecule has 0 aliphatic heterocycles. The summed E-state index contributed by atoms with van der Waals surface area (Å²) in [6.07, 6.45) is 1.35. The monoisotopic (exact) mass is 459 g/mol. The minimum atomic E-state index is -1.27. The minimum absolute atomic E-state index is 0.254. The molecule has 1 atom stereocenters. The Hall–Kier alpha value is -3.97. The van der Waals surface area contributed by atoms with E-state index in [-0.39, 0.29) is 11.5 Å². The summed E-state index contributed by atoms with van der Waals surface area (Å²) in [7, 11) is 0. The average Bonchev–Trinajstić information content (AvgIpc) is 2.87. The van der Waals surface area contributed by atoms with Crippen LogP contribution in [0.3, 0.4) is 0 Å². The topological polar surface area (TPSA) is 108 Å². The van der Waals surface area contributed by atoms with Crippen molar-refractivity contribution in [2.24, 2.45) is 5.41 Å². The molecule has 3 aromatic rings. The summed E-state index contributed by atoms with van der Waals surface area (Å²) in [5.41, 5.74) is 3.00. The molecule has 0 aliphatic rings. The summed E-state index contributed by atoms with van der Waals surface area (Å²) >= 11 is 0. The number of hydrogen-bond donors (Lipinski definition) is 4. The Labute approximate surface area is 199 Å². The largest absolute Gasteiger partial charge is 0.325 e. The molecule has 34 heavy (non-hydrogen) atoms. The summed E-state index contributed by atoms with van der Waals surface area (Å²) in [5, 5.41) is 14.9. The number of carbonyl (C=O) groups excluding carboxylic acids is 3. The number of amides is 3. The van der Waals surface area contributed by atoms with Crippen molar-refractivity contribution in [2.75, 3.05) is 10.6 Å². The number of benzene rings is 3. The molecule has 0 spiro atoms. The maximum atomic E-state index is 13.5. The highest BCUT2D eigenvalue weighted by molar-refractivity contribution is 6.15. The van der Waals surface area contributed by atoms with Gasteiger partial charge in [0.2, 0.25) is 11.8 Å². The van der Waals surface area contributed by atoms with Crippen molar-refractivity contribution < 1.29 is 19.6 Å². The van der Waals surface area contributed by atoms with Crippen LogP contribution in [0.25, 0.3) is 11.1 Å². The number of nitrogens with one attached hydrogen (secondary N) is 3. The van der Waals surface area contributed by atoms with E-state index >= 15 is 0 Å². The summed E-state index contributed by atoms with van der Waals surface area (Å²) in [6, 6.07) is 23.0. The van der Waals surface area contributed by atoms with Crippen LogP contribution < -0.4 is 16.1 Å². The third kappa shape index (κ3) is 5.32. The molecule has 7 heteroatoms. The van der Waals surface area contributed by atoms with Gasteiger partial charge in [-0.1, -0.05) is 68.8 Å². The third-order valence-corrected chi connectivity index (χ3v) is 5.89. The summed E-state index contributed by atoms with van der Waals surface area (Å²) in [6.45, 7) is 3.76. The van der Waals surface area contributed by atoms with Crippen molar-refractivity contribution in [3.05, 3.63) is 84.4 Å². The van der Waals surface area contributed by atoms with Crippen molar-refractivity contribution >= 4 is 29.1 Å². The fourth-order valence-corrected chi connectivity index (χ4v) is 4.01. The lowest BCUT2D eigenvalue weighted by Crippen LogP contribution is -2.46. The van der Waals surface area contributed by atoms with Gasteiger partial charge in [-0.05, 0) is 54.3 Å². The van der Waals surface area contributed by atoms with E-state index in [1.54, 1.807) is 29.7 Å².